The van der Waals surface area contributed by atoms with Gasteiger partial charge in [0.1, 0.15) is 34.5 Å². The summed E-state index contributed by atoms with van der Waals surface area (Å²) in [6.07, 6.45) is -3.08. The Morgan fingerprint density at radius 1 is 0.868 bits per heavy atom. The number of rotatable bonds is 7. The van der Waals surface area contributed by atoms with Crippen molar-refractivity contribution in [1.82, 2.24) is 9.80 Å². The second-order valence-corrected chi connectivity index (χ2v) is 12.6. The van der Waals surface area contributed by atoms with E-state index in [-0.39, 0.29) is 23.3 Å². The zero-order chi connectivity index (χ0) is 29.6. The minimum Gasteiger partial charge on any atom is -0.488 e. The third-order valence-electron chi connectivity index (χ3n) is 4.53. The molecule has 0 spiro atoms. The minimum absolute atomic E-state index is 0.00629. The van der Waals surface area contributed by atoms with Gasteiger partial charge in [0.2, 0.25) is 0 Å². The van der Waals surface area contributed by atoms with Gasteiger partial charge in [-0.05, 0) is 104 Å². The predicted octanol–water partition coefficient (Wildman–Crippen LogP) is 7.28. The fourth-order valence-electron chi connectivity index (χ4n) is 3.02. The van der Waals surface area contributed by atoms with Crippen LogP contribution in [0, 0.1) is 5.82 Å². The Kier molecular flexibility index (Phi) is 11.4. The molecule has 0 radical (unpaired) electrons. The highest BCUT2D eigenvalue weighted by Crippen LogP contribution is 2.32. The van der Waals surface area contributed by atoms with Gasteiger partial charge < -0.3 is 23.8 Å². The van der Waals surface area contributed by atoms with E-state index in [9.17, 15) is 18.8 Å². The van der Waals surface area contributed by atoms with Gasteiger partial charge in [0.25, 0.3) is 0 Å². The highest BCUT2D eigenvalue weighted by atomic mass is 79.9. The molecule has 0 aromatic heterocycles. The molecule has 1 atom stereocenters. The molecule has 9 nitrogen and oxygen atoms in total. The number of ether oxygens (including phenoxy) is 4. The number of amides is 3. The first-order chi connectivity index (χ1) is 17.1. The monoisotopic (exact) mass is 604 g/mol. The highest BCUT2D eigenvalue weighted by molar-refractivity contribution is 9.10. The van der Waals surface area contributed by atoms with Gasteiger partial charge in [-0.15, -0.1) is 0 Å². The van der Waals surface area contributed by atoms with E-state index in [0.717, 1.165) is 4.90 Å². The molecule has 38 heavy (non-hydrogen) atoms. The first kappa shape index (κ1) is 33.5. The average molecular weight is 606 g/mol. The standard InChI is InChI=1S/C27H42BrFN2O7/c1-12-30(22(32)36-25(3,4)5)16-18-20(14-13-19(29)21(18)28)35-17(2)15-31(23(33)37-26(6,7)8)24(34)38-27(9,10)11/h13-14,17H,12,15-16H2,1-11H3/t17-/m0/s1. The third kappa shape index (κ3) is 11.4. The van der Waals surface area contributed by atoms with Gasteiger partial charge in [-0.25, -0.2) is 23.7 Å². The summed E-state index contributed by atoms with van der Waals surface area (Å²) in [5.41, 5.74) is -2.03. The first-order valence-electron chi connectivity index (χ1n) is 12.5. The lowest BCUT2D eigenvalue weighted by Crippen LogP contribution is -2.47. The Morgan fingerprint density at radius 2 is 1.32 bits per heavy atom. The van der Waals surface area contributed by atoms with E-state index in [1.54, 1.807) is 76.2 Å². The van der Waals surface area contributed by atoms with Crippen molar-refractivity contribution in [2.45, 2.75) is 106 Å². The lowest BCUT2D eigenvalue weighted by molar-refractivity contribution is -0.00499. The van der Waals surface area contributed by atoms with E-state index in [0.29, 0.717) is 12.1 Å². The molecule has 0 fully saturated rings. The lowest BCUT2D eigenvalue weighted by atomic mass is 10.1. The topological polar surface area (TPSA) is 94.6 Å². The molecule has 3 amide bonds. The van der Waals surface area contributed by atoms with Gasteiger partial charge in [-0.2, -0.15) is 0 Å². The molecule has 0 bridgehead atoms. The first-order valence-corrected chi connectivity index (χ1v) is 13.3. The minimum atomic E-state index is -0.884. The van der Waals surface area contributed by atoms with Crippen molar-refractivity contribution in [2.24, 2.45) is 0 Å². The van der Waals surface area contributed by atoms with Crippen LogP contribution in [0.5, 0.6) is 5.75 Å². The van der Waals surface area contributed by atoms with E-state index >= 15 is 0 Å². The van der Waals surface area contributed by atoms with Crippen LogP contribution in [0.25, 0.3) is 0 Å². The molecule has 0 aliphatic carbocycles. The zero-order valence-corrected chi connectivity index (χ0v) is 25.9. The molecule has 11 heteroatoms. The number of benzene rings is 1. The average Bonchev–Trinajstić information content (AvgIpc) is 2.70. The summed E-state index contributed by atoms with van der Waals surface area (Å²) in [6.45, 7) is 18.9. The Morgan fingerprint density at radius 3 is 1.74 bits per heavy atom. The number of nitrogens with zero attached hydrogens (tertiary/aromatic N) is 2. The predicted molar refractivity (Wildman–Crippen MR) is 146 cm³/mol. The van der Waals surface area contributed by atoms with Gasteiger partial charge >= 0.3 is 18.3 Å². The Bertz CT molecular complexity index is 969. The van der Waals surface area contributed by atoms with Crippen LogP contribution in [-0.4, -0.2) is 64.1 Å². The fourth-order valence-corrected chi connectivity index (χ4v) is 3.48. The number of carbonyl (C=O) groups is 3. The summed E-state index contributed by atoms with van der Waals surface area (Å²) < 4.78 is 36.9. The molecule has 0 aliphatic heterocycles. The van der Waals surface area contributed by atoms with E-state index in [2.05, 4.69) is 15.9 Å². The summed E-state index contributed by atoms with van der Waals surface area (Å²) in [6, 6.07) is 2.65. The summed E-state index contributed by atoms with van der Waals surface area (Å²) in [4.78, 5) is 40.6. The van der Waals surface area contributed by atoms with Crippen LogP contribution in [-0.2, 0) is 20.8 Å². The molecular weight excluding hydrogens is 563 g/mol. The number of carbonyl (C=O) groups excluding carboxylic acids is 3. The van der Waals surface area contributed by atoms with Gasteiger partial charge in [0.15, 0.2) is 0 Å². The highest BCUT2D eigenvalue weighted by Gasteiger charge is 2.33. The summed E-state index contributed by atoms with van der Waals surface area (Å²) in [5, 5.41) is 0. The van der Waals surface area contributed by atoms with Gasteiger partial charge in [-0.1, -0.05) is 0 Å². The molecule has 0 saturated carbocycles. The van der Waals surface area contributed by atoms with Gasteiger partial charge in [0.05, 0.1) is 17.6 Å². The summed E-state index contributed by atoms with van der Waals surface area (Å²) >= 11 is 3.26. The van der Waals surface area contributed by atoms with Crippen LogP contribution in [0.15, 0.2) is 16.6 Å². The fraction of sp³-hybridized carbons (Fsp3) is 0.667. The number of imide groups is 1. The van der Waals surface area contributed by atoms with Crippen LogP contribution in [0.4, 0.5) is 18.8 Å². The Balaban J connectivity index is 3.25. The second-order valence-electron chi connectivity index (χ2n) is 11.8. The van der Waals surface area contributed by atoms with Crippen LogP contribution < -0.4 is 4.74 Å². The van der Waals surface area contributed by atoms with Crippen molar-refractivity contribution in [2.75, 3.05) is 13.1 Å². The second kappa shape index (κ2) is 13.0. The smallest absolute Gasteiger partial charge is 0.419 e. The quantitative estimate of drug-likeness (QED) is 0.302. The molecule has 1 aromatic rings. The molecule has 0 unspecified atom stereocenters. The van der Waals surface area contributed by atoms with Crippen molar-refractivity contribution >= 4 is 34.2 Å². The van der Waals surface area contributed by atoms with Crippen LogP contribution in [0.3, 0.4) is 0 Å². The van der Waals surface area contributed by atoms with Gasteiger partial charge in [0, 0.05) is 12.1 Å². The van der Waals surface area contributed by atoms with Crippen LogP contribution in [0.2, 0.25) is 0 Å². The Labute approximate surface area is 234 Å². The van der Waals surface area contributed by atoms with Crippen LogP contribution >= 0.6 is 15.9 Å². The molecule has 216 valence electrons. The number of halogens is 2. The SMILES string of the molecule is CCN(Cc1c(O[C@@H](C)CN(C(=O)OC(C)(C)C)C(=O)OC(C)(C)C)ccc(F)c1Br)C(=O)OC(C)(C)C. The number of hydrogen-bond donors (Lipinski definition) is 0. The zero-order valence-electron chi connectivity index (χ0n) is 24.4. The maximum atomic E-state index is 14.5. The third-order valence-corrected chi connectivity index (χ3v) is 5.39. The van der Waals surface area contributed by atoms with Crippen molar-refractivity contribution in [1.29, 1.82) is 0 Å². The van der Waals surface area contributed by atoms with E-state index in [1.165, 1.54) is 17.0 Å². The molecule has 1 rings (SSSR count). The molecule has 0 heterocycles. The van der Waals surface area contributed by atoms with E-state index < -0.39 is 47.0 Å². The van der Waals surface area contributed by atoms with Crippen LogP contribution in [0.1, 0.15) is 81.7 Å². The normalized spacial score (nSPS) is 12.9. The Hall–Kier alpha value is -2.56. The maximum absolute atomic E-state index is 14.5. The molecule has 0 aliphatic rings. The molecule has 0 saturated heterocycles. The van der Waals surface area contributed by atoms with Crippen molar-refractivity contribution < 1.29 is 37.7 Å². The summed E-state index contributed by atoms with van der Waals surface area (Å²) in [5.74, 6) is -0.273. The molecule has 0 N–H and O–H groups in total. The van der Waals surface area contributed by atoms with Gasteiger partial charge in [-0.3, -0.25) is 0 Å². The maximum Gasteiger partial charge on any atom is 0.419 e. The van der Waals surface area contributed by atoms with Crippen molar-refractivity contribution in [3.05, 3.63) is 28.0 Å². The largest absolute Gasteiger partial charge is 0.488 e. The summed E-state index contributed by atoms with van der Waals surface area (Å²) in [7, 11) is 0. The van der Waals surface area contributed by atoms with E-state index in [1.807, 2.05) is 0 Å². The van der Waals surface area contributed by atoms with Crippen molar-refractivity contribution in [3.8, 4) is 5.75 Å². The van der Waals surface area contributed by atoms with E-state index in [4.69, 9.17) is 18.9 Å². The van der Waals surface area contributed by atoms with Crippen molar-refractivity contribution in [3.63, 3.8) is 0 Å². The molecule has 1 aromatic carbocycles. The molecular formula is C27H42BrFN2O7. The number of hydrogen-bond acceptors (Lipinski definition) is 7. The lowest BCUT2D eigenvalue weighted by Gasteiger charge is -2.30.